The number of amides is 3. The van der Waals surface area contributed by atoms with E-state index < -0.39 is 6.04 Å². The van der Waals surface area contributed by atoms with Crippen LogP contribution in [0.15, 0.2) is 18.2 Å². The van der Waals surface area contributed by atoms with E-state index in [0.29, 0.717) is 37.7 Å². The number of hydrogen-bond donors (Lipinski definition) is 3. The van der Waals surface area contributed by atoms with E-state index in [1.54, 1.807) is 4.90 Å². The Balaban J connectivity index is 1.28. The second-order valence-corrected chi connectivity index (χ2v) is 8.22. The van der Waals surface area contributed by atoms with Crippen LogP contribution in [0.4, 0.5) is 0 Å². The fraction of sp³-hybridized carbons (Fsp3) is 0.550. The minimum absolute atomic E-state index is 0.00878. The molecule has 1 spiro atoms. The minimum Gasteiger partial charge on any atom is -0.371 e. The Morgan fingerprint density at radius 3 is 2.82 bits per heavy atom. The van der Waals surface area contributed by atoms with Gasteiger partial charge in [0, 0.05) is 44.2 Å². The molecule has 4 heterocycles. The first-order chi connectivity index (χ1) is 13.5. The van der Waals surface area contributed by atoms with Gasteiger partial charge < -0.3 is 20.3 Å². The minimum atomic E-state index is -0.576. The van der Waals surface area contributed by atoms with Crippen LogP contribution in [0.5, 0.6) is 0 Å². The van der Waals surface area contributed by atoms with Crippen molar-refractivity contribution in [3.8, 4) is 0 Å². The van der Waals surface area contributed by atoms with Gasteiger partial charge in [0.1, 0.15) is 6.04 Å². The third-order valence-electron chi connectivity index (χ3n) is 6.36. The smallest absolute Gasteiger partial charge is 0.255 e. The molecule has 0 bridgehead atoms. The number of nitrogens with one attached hydrogen (secondary N) is 3. The van der Waals surface area contributed by atoms with E-state index in [1.807, 2.05) is 18.2 Å². The topological polar surface area (TPSA) is 99.8 Å². The lowest BCUT2D eigenvalue weighted by molar-refractivity contribution is -0.136. The van der Waals surface area contributed by atoms with E-state index in [0.717, 1.165) is 30.6 Å². The number of fused-ring (bicyclic) bond motifs is 1. The number of carbonyl (C=O) groups is 3. The molecule has 4 aliphatic heterocycles. The second kappa shape index (κ2) is 6.65. The maximum Gasteiger partial charge on any atom is 0.255 e. The van der Waals surface area contributed by atoms with Crippen LogP contribution in [0, 0.1) is 0 Å². The van der Waals surface area contributed by atoms with Crippen LogP contribution in [0.2, 0.25) is 0 Å². The molecule has 28 heavy (non-hydrogen) atoms. The molecular weight excluding hydrogens is 360 g/mol. The summed E-state index contributed by atoms with van der Waals surface area (Å²) in [5.41, 5.74) is 2.72. The first kappa shape index (κ1) is 17.8. The molecule has 4 aliphatic rings. The Kier molecular flexibility index (Phi) is 4.22. The molecule has 0 radical (unpaired) electrons. The number of nitrogens with zero attached hydrogens (tertiary/aromatic N) is 1. The normalized spacial score (nSPS) is 28.4. The summed E-state index contributed by atoms with van der Waals surface area (Å²) in [5, 5.41) is 9.18. The Hall–Kier alpha value is -2.29. The van der Waals surface area contributed by atoms with Crippen molar-refractivity contribution in [2.24, 2.45) is 0 Å². The maximum atomic E-state index is 12.9. The molecule has 0 aliphatic carbocycles. The van der Waals surface area contributed by atoms with Gasteiger partial charge in [-0.2, -0.15) is 0 Å². The second-order valence-electron chi connectivity index (χ2n) is 8.22. The van der Waals surface area contributed by atoms with Crippen LogP contribution in [0.3, 0.4) is 0 Å². The number of ether oxygens (including phenoxy) is 1. The van der Waals surface area contributed by atoms with Crippen LogP contribution in [-0.2, 0) is 27.4 Å². The lowest BCUT2D eigenvalue weighted by Crippen LogP contribution is -2.59. The molecular formula is C20H24N4O4. The highest BCUT2D eigenvalue weighted by molar-refractivity contribution is 6.05. The quantitative estimate of drug-likeness (QED) is 0.615. The van der Waals surface area contributed by atoms with Gasteiger partial charge in [0.15, 0.2) is 0 Å². The summed E-state index contributed by atoms with van der Waals surface area (Å²) < 4.78 is 5.94. The predicted octanol–water partition coefficient (Wildman–Crippen LogP) is -0.332. The summed E-state index contributed by atoms with van der Waals surface area (Å²) in [5.74, 6) is -0.775. The van der Waals surface area contributed by atoms with E-state index in [4.69, 9.17) is 4.74 Å². The van der Waals surface area contributed by atoms with Crippen molar-refractivity contribution in [1.29, 1.82) is 0 Å². The molecule has 3 N–H and O–H groups in total. The Morgan fingerprint density at radius 2 is 2.11 bits per heavy atom. The fourth-order valence-electron chi connectivity index (χ4n) is 4.70. The summed E-state index contributed by atoms with van der Waals surface area (Å²) in [6, 6.07) is 5.48. The van der Waals surface area contributed by atoms with E-state index in [2.05, 4.69) is 16.0 Å². The maximum absolute atomic E-state index is 12.9. The Labute approximate surface area is 163 Å². The predicted molar refractivity (Wildman–Crippen MR) is 99.3 cm³/mol. The van der Waals surface area contributed by atoms with Crippen molar-refractivity contribution >= 4 is 17.7 Å². The molecule has 2 atom stereocenters. The lowest BCUT2D eigenvalue weighted by atomic mass is 9.92. The van der Waals surface area contributed by atoms with Gasteiger partial charge in [0.25, 0.3) is 5.91 Å². The summed E-state index contributed by atoms with van der Waals surface area (Å²) in [6.45, 7) is 3.62. The van der Waals surface area contributed by atoms with Crippen molar-refractivity contribution in [2.45, 2.75) is 50.0 Å². The summed E-state index contributed by atoms with van der Waals surface area (Å²) in [6.07, 6.45) is 1.65. The van der Waals surface area contributed by atoms with E-state index in [9.17, 15) is 14.4 Å². The highest BCUT2D eigenvalue weighted by atomic mass is 16.5. The molecule has 3 saturated heterocycles. The van der Waals surface area contributed by atoms with E-state index in [1.165, 1.54) is 0 Å². The third kappa shape index (κ3) is 2.92. The number of piperidine rings is 1. The standard InChI is InChI=1S/C20H24N4O4/c25-17-5-4-16(18(26)23-17)24-8-15-12(2-1-3-14(15)19(24)27)7-22-13-6-20(28-9-13)10-21-11-20/h1-3,13,16,21-22H,4-11H2,(H,23,25,26). The molecule has 2 unspecified atom stereocenters. The van der Waals surface area contributed by atoms with Crippen molar-refractivity contribution in [1.82, 2.24) is 20.9 Å². The highest BCUT2D eigenvalue weighted by Crippen LogP contribution is 2.31. The molecule has 8 nitrogen and oxygen atoms in total. The Bertz CT molecular complexity index is 851. The average molecular weight is 384 g/mol. The van der Waals surface area contributed by atoms with E-state index in [-0.39, 0.29) is 29.7 Å². The molecule has 0 aromatic heterocycles. The fourth-order valence-corrected chi connectivity index (χ4v) is 4.70. The molecule has 1 aromatic rings. The van der Waals surface area contributed by atoms with E-state index >= 15 is 0 Å². The van der Waals surface area contributed by atoms with Crippen molar-refractivity contribution in [2.75, 3.05) is 19.7 Å². The van der Waals surface area contributed by atoms with Gasteiger partial charge in [-0.25, -0.2) is 0 Å². The zero-order chi connectivity index (χ0) is 19.3. The molecule has 0 saturated carbocycles. The van der Waals surface area contributed by atoms with Crippen LogP contribution in [0.25, 0.3) is 0 Å². The molecule has 148 valence electrons. The van der Waals surface area contributed by atoms with Crippen LogP contribution in [-0.4, -0.2) is 60.0 Å². The zero-order valence-electron chi connectivity index (χ0n) is 15.6. The van der Waals surface area contributed by atoms with Gasteiger partial charge in [-0.15, -0.1) is 0 Å². The highest BCUT2D eigenvalue weighted by Gasteiger charge is 2.45. The van der Waals surface area contributed by atoms with Gasteiger partial charge in [0.05, 0.1) is 12.2 Å². The number of imide groups is 1. The SMILES string of the molecule is O=C1CCC(N2Cc3c(CNC4COC5(CNC5)C4)cccc3C2=O)C(=O)N1. The number of hydrogen-bond acceptors (Lipinski definition) is 6. The van der Waals surface area contributed by atoms with Gasteiger partial charge in [-0.3, -0.25) is 19.7 Å². The Morgan fingerprint density at radius 1 is 1.25 bits per heavy atom. The zero-order valence-corrected chi connectivity index (χ0v) is 15.6. The molecule has 3 amide bonds. The van der Waals surface area contributed by atoms with Crippen LogP contribution >= 0.6 is 0 Å². The number of benzene rings is 1. The molecule has 8 heteroatoms. The van der Waals surface area contributed by atoms with Gasteiger partial charge in [-0.05, 0) is 30.0 Å². The van der Waals surface area contributed by atoms with Crippen molar-refractivity contribution in [3.05, 3.63) is 34.9 Å². The monoisotopic (exact) mass is 384 g/mol. The average Bonchev–Trinajstić information content (AvgIpc) is 3.23. The summed E-state index contributed by atoms with van der Waals surface area (Å²) in [7, 11) is 0. The molecule has 3 fully saturated rings. The lowest BCUT2D eigenvalue weighted by Gasteiger charge is -2.38. The van der Waals surface area contributed by atoms with Crippen LogP contribution in [0.1, 0.15) is 40.7 Å². The number of carbonyl (C=O) groups excluding carboxylic acids is 3. The van der Waals surface area contributed by atoms with Crippen LogP contribution < -0.4 is 16.0 Å². The van der Waals surface area contributed by atoms with Crippen molar-refractivity contribution < 1.29 is 19.1 Å². The molecule has 5 rings (SSSR count). The van der Waals surface area contributed by atoms with Gasteiger partial charge >= 0.3 is 0 Å². The van der Waals surface area contributed by atoms with Crippen molar-refractivity contribution in [3.63, 3.8) is 0 Å². The third-order valence-corrected chi connectivity index (χ3v) is 6.36. The first-order valence-corrected chi connectivity index (χ1v) is 9.88. The summed E-state index contributed by atoms with van der Waals surface area (Å²) >= 11 is 0. The number of rotatable bonds is 4. The first-order valence-electron chi connectivity index (χ1n) is 9.88. The summed E-state index contributed by atoms with van der Waals surface area (Å²) in [4.78, 5) is 38.1. The largest absolute Gasteiger partial charge is 0.371 e. The molecule has 1 aromatic carbocycles. The van der Waals surface area contributed by atoms with Gasteiger partial charge in [0.2, 0.25) is 11.8 Å². The van der Waals surface area contributed by atoms with Gasteiger partial charge in [-0.1, -0.05) is 12.1 Å².